The van der Waals surface area contributed by atoms with E-state index in [2.05, 4.69) is 15.6 Å². The Kier molecular flexibility index (Phi) is 6.55. The fourth-order valence-corrected chi connectivity index (χ4v) is 3.38. The van der Waals surface area contributed by atoms with Crippen molar-refractivity contribution in [3.8, 4) is 0 Å². The van der Waals surface area contributed by atoms with Gasteiger partial charge in [-0.3, -0.25) is 14.6 Å². The molecule has 1 aliphatic carbocycles. The van der Waals surface area contributed by atoms with Crippen molar-refractivity contribution in [1.82, 2.24) is 15.6 Å². The van der Waals surface area contributed by atoms with Gasteiger partial charge in [-0.05, 0) is 48.6 Å². The van der Waals surface area contributed by atoms with Crippen molar-refractivity contribution in [3.05, 3.63) is 71.6 Å². The molecule has 3 N–H and O–H groups in total. The van der Waals surface area contributed by atoms with Crippen LogP contribution >= 0.6 is 0 Å². The Morgan fingerprint density at radius 2 is 2.00 bits per heavy atom. The summed E-state index contributed by atoms with van der Waals surface area (Å²) in [7, 11) is 0. The molecule has 6 heteroatoms. The van der Waals surface area contributed by atoms with E-state index in [-0.39, 0.29) is 17.7 Å². The number of aromatic nitrogens is 1. The molecule has 6 nitrogen and oxygen atoms in total. The lowest BCUT2D eigenvalue weighted by Gasteiger charge is -2.15. The molecule has 0 spiro atoms. The number of nitrogens with one attached hydrogen (secondary N) is 2. The highest BCUT2D eigenvalue weighted by Crippen LogP contribution is 2.26. The van der Waals surface area contributed by atoms with Crippen molar-refractivity contribution >= 4 is 17.9 Å². The van der Waals surface area contributed by atoms with Crippen molar-refractivity contribution in [1.29, 1.82) is 0 Å². The largest absolute Gasteiger partial charge is 0.391 e. The number of carbonyl (C=O) groups excluding carboxylic acids is 2. The van der Waals surface area contributed by atoms with Gasteiger partial charge in [-0.2, -0.15) is 0 Å². The molecule has 0 aliphatic heterocycles. The number of rotatable bonds is 6. The van der Waals surface area contributed by atoms with Gasteiger partial charge in [0.2, 0.25) is 11.8 Å². The predicted molar refractivity (Wildman–Crippen MR) is 107 cm³/mol. The molecule has 3 rings (SSSR count). The van der Waals surface area contributed by atoms with Crippen molar-refractivity contribution in [2.45, 2.75) is 38.5 Å². The summed E-state index contributed by atoms with van der Waals surface area (Å²) in [5.74, 6) is -0.700. The zero-order valence-corrected chi connectivity index (χ0v) is 15.8. The molecular weight excluding hydrogens is 354 g/mol. The van der Waals surface area contributed by atoms with Crippen LogP contribution in [0.3, 0.4) is 0 Å². The van der Waals surface area contributed by atoms with Crippen LogP contribution in [-0.4, -0.2) is 34.1 Å². The Balaban J connectivity index is 1.49. The lowest BCUT2D eigenvalue weighted by molar-refractivity contribution is -0.125. The van der Waals surface area contributed by atoms with E-state index in [1.807, 2.05) is 43.3 Å². The predicted octanol–water partition coefficient (Wildman–Crippen LogP) is 1.98. The highest BCUT2D eigenvalue weighted by molar-refractivity contribution is 5.92. The van der Waals surface area contributed by atoms with Crippen LogP contribution in [0, 0.1) is 12.8 Å². The molecule has 1 aromatic carbocycles. The number of aliphatic hydroxyl groups excluding tert-OH is 1. The van der Waals surface area contributed by atoms with E-state index in [0.29, 0.717) is 19.4 Å². The summed E-state index contributed by atoms with van der Waals surface area (Å²) in [4.78, 5) is 28.6. The summed E-state index contributed by atoms with van der Waals surface area (Å²) in [5.41, 5.74) is 2.95. The number of carbonyl (C=O) groups is 2. The van der Waals surface area contributed by atoms with Crippen LogP contribution in [0.1, 0.15) is 29.5 Å². The minimum Gasteiger partial charge on any atom is -0.391 e. The zero-order chi connectivity index (χ0) is 19.9. The number of hydrogen-bond acceptors (Lipinski definition) is 4. The van der Waals surface area contributed by atoms with Crippen molar-refractivity contribution in [3.63, 3.8) is 0 Å². The molecule has 146 valence electrons. The number of pyridine rings is 1. The third-order valence-electron chi connectivity index (χ3n) is 5.04. The fourth-order valence-electron chi connectivity index (χ4n) is 3.38. The van der Waals surface area contributed by atoms with Crippen LogP contribution in [0.2, 0.25) is 0 Å². The van der Waals surface area contributed by atoms with E-state index in [1.54, 1.807) is 18.5 Å². The fraction of sp³-hybridized carbons (Fsp3) is 0.318. The van der Waals surface area contributed by atoms with Crippen LogP contribution in [-0.2, 0) is 16.1 Å². The van der Waals surface area contributed by atoms with Crippen molar-refractivity contribution in [2.24, 2.45) is 5.92 Å². The van der Waals surface area contributed by atoms with Crippen LogP contribution in [0.4, 0.5) is 0 Å². The van der Waals surface area contributed by atoms with Gasteiger partial charge in [0.1, 0.15) is 0 Å². The van der Waals surface area contributed by atoms with Gasteiger partial charge in [-0.25, -0.2) is 0 Å². The van der Waals surface area contributed by atoms with E-state index >= 15 is 0 Å². The van der Waals surface area contributed by atoms with E-state index in [1.165, 1.54) is 6.08 Å². The van der Waals surface area contributed by atoms with Crippen molar-refractivity contribution in [2.75, 3.05) is 0 Å². The number of hydrogen-bond donors (Lipinski definition) is 3. The maximum absolute atomic E-state index is 12.5. The summed E-state index contributed by atoms with van der Waals surface area (Å²) >= 11 is 0. The summed E-state index contributed by atoms with van der Waals surface area (Å²) in [6, 6.07) is 11.0. The molecule has 1 saturated carbocycles. The normalized spacial score (nSPS) is 21.6. The van der Waals surface area contributed by atoms with E-state index in [9.17, 15) is 14.7 Å². The first-order valence-corrected chi connectivity index (χ1v) is 9.42. The maximum Gasteiger partial charge on any atom is 0.244 e. The smallest absolute Gasteiger partial charge is 0.244 e. The number of aliphatic hydroxyl groups is 1. The standard InChI is InChI=1S/C22H25N3O3/c1-15-13-23-10-9-17(15)14-24-22(28)18-11-19(20(26)12-18)25-21(27)8-7-16-5-3-2-4-6-16/h2-10,13,18-20,26H,11-12,14H2,1H3,(H,24,28)(H,25,27)/t18-,19+,20+/m0/s1. The number of amides is 2. The second-order valence-corrected chi connectivity index (χ2v) is 7.11. The lowest BCUT2D eigenvalue weighted by atomic mass is 10.1. The lowest BCUT2D eigenvalue weighted by Crippen LogP contribution is -2.39. The van der Waals surface area contributed by atoms with Crippen molar-refractivity contribution < 1.29 is 14.7 Å². The first kappa shape index (κ1) is 19.8. The second-order valence-electron chi connectivity index (χ2n) is 7.11. The quantitative estimate of drug-likeness (QED) is 0.669. The Bertz CT molecular complexity index is 851. The number of aryl methyl sites for hydroxylation is 1. The molecule has 1 aromatic heterocycles. The van der Waals surface area contributed by atoms with Crippen LogP contribution in [0.5, 0.6) is 0 Å². The second kappa shape index (κ2) is 9.28. The summed E-state index contributed by atoms with van der Waals surface area (Å²) in [5, 5.41) is 16.0. The third kappa shape index (κ3) is 5.27. The van der Waals surface area contributed by atoms with Gasteiger partial charge in [-0.15, -0.1) is 0 Å². The summed E-state index contributed by atoms with van der Waals surface area (Å²) in [6.07, 6.45) is 6.66. The Morgan fingerprint density at radius 3 is 2.75 bits per heavy atom. The monoisotopic (exact) mass is 379 g/mol. The summed E-state index contributed by atoms with van der Waals surface area (Å²) < 4.78 is 0. The third-order valence-corrected chi connectivity index (χ3v) is 5.04. The van der Waals surface area contributed by atoms with E-state index < -0.39 is 12.1 Å². The van der Waals surface area contributed by atoms with Gasteiger partial charge < -0.3 is 15.7 Å². The Morgan fingerprint density at radius 1 is 1.21 bits per heavy atom. The zero-order valence-electron chi connectivity index (χ0n) is 15.8. The van der Waals surface area contributed by atoms with Gasteiger partial charge in [0.15, 0.2) is 0 Å². The first-order chi connectivity index (χ1) is 13.5. The van der Waals surface area contributed by atoms with Crippen LogP contribution < -0.4 is 10.6 Å². The number of nitrogens with zero attached hydrogens (tertiary/aromatic N) is 1. The summed E-state index contributed by atoms with van der Waals surface area (Å²) in [6.45, 7) is 2.37. The minimum absolute atomic E-state index is 0.105. The Labute approximate surface area is 164 Å². The average molecular weight is 379 g/mol. The SMILES string of the molecule is Cc1cnccc1CNC(=O)[C@@H]1C[C@@H](O)[C@H](NC(=O)C=Cc2ccccc2)C1. The molecular formula is C22H25N3O3. The topological polar surface area (TPSA) is 91.3 Å². The molecule has 2 aromatic rings. The molecule has 0 bridgehead atoms. The molecule has 2 amide bonds. The molecule has 1 fully saturated rings. The average Bonchev–Trinajstić information content (AvgIpc) is 3.07. The van der Waals surface area contributed by atoms with E-state index in [4.69, 9.17) is 0 Å². The van der Waals surface area contributed by atoms with E-state index in [0.717, 1.165) is 16.7 Å². The number of benzene rings is 1. The van der Waals surface area contributed by atoms with Gasteiger partial charge in [0, 0.05) is 30.9 Å². The van der Waals surface area contributed by atoms with Crippen LogP contribution in [0.25, 0.3) is 6.08 Å². The van der Waals surface area contributed by atoms with Gasteiger partial charge in [0.05, 0.1) is 12.1 Å². The minimum atomic E-state index is -0.729. The molecule has 1 aliphatic rings. The van der Waals surface area contributed by atoms with Crippen LogP contribution in [0.15, 0.2) is 54.9 Å². The molecule has 0 unspecified atom stereocenters. The Hall–Kier alpha value is -2.99. The maximum atomic E-state index is 12.5. The first-order valence-electron chi connectivity index (χ1n) is 9.42. The van der Waals surface area contributed by atoms with Gasteiger partial charge in [-0.1, -0.05) is 30.3 Å². The highest BCUT2D eigenvalue weighted by Gasteiger charge is 2.37. The highest BCUT2D eigenvalue weighted by atomic mass is 16.3. The molecule has 0 radical (unpaired) electrons. The molecule has 3 atom stereocenters. The molecule has 1 heterocycles. The molecule has 28 heavy (non-hydrogen) atoms. The van der Waals surface area contributed by atoms with Gasteiger partial charge >= 0.3 is 0 Å². The molecule has 0 saturated heterocycles. The van der Waals surface area contributed by atoms with Gasteiger partial charge in [0.25, 0.3) is 0 Å².